The van der Waals surface area contributed by atoms with Crippen molar-refractivity contribution in [1.82, 2.24) is 0 Å². The summed E-state index contributed by atoms with van der Waals surface area (Å²) < 4.78 is 0. The van der Waals surface area contributed by atoms with Gasteiger partial charge in [0, 0.05) is 0 Å². The van der Waals surface area contributed by atoms with Crippen LogP contribution in [0.25, 0.3) is 4.85 Å². The number of hydrogen-bond acceptors (Lipinski definition) is 0. The maximum atomic E-state index is 6.95. The molecule has 0 spiro atoms. The Morgan fingerprint density at radius 3 is 2.50 bits per heavy atom. The van der Waals surface area contributed by atoms with E-state index in [-0.39, 0.29) is 0 Å². The first-order valence-electron chi connectivity index (χ1n) is 4.13. The number of nitrogens with zero attached hydrogens (tertiary/aromatic N) is 1. The van der Waals surface area contributed by atoms with Crippen LogP contribution in [0.4, 0.5) is 5.69 Å². The summed E-state index contributed by atoms with van der Waals surface area (Å²) in [5, 5.41) is 0. The van der Waals surface area contributed by atoms with Gasteiger partial charge in [-0.05, 0) is 12.5 Å². The number of rotatable bonds is 1. The second-order valence-corrected chi connectivity index (χ2v) is 3.31. The molecular formula is C10H12BN. The third-order valence-electron chi connectivity index (χ3n) is 2.02. The summed E-state index contributed by atoms with van der Waals surface area (Å²) in [6.07, 6.45) is 0. The lowest BCUT2D eigenvalue weighted by molar-refractivity contribution is 1.50. The molecule has 0 atom stereocenters. The summed E-state index contributed by atoms with van der Waals surface area (Å²) in [6, 6.07) is 6.09. The Kier molecular flexibility index (Phi) is 2.55. The van der Waals surface area contributed by atoms with Gasteiger partial charge < -0.3 is 0 Å². The van der Waals surface area contributed by atoms with E-state index in [1.807, 2.05) is 19.1 Å². The molecule has 12 heavy (non-hydrogen) atoms. The highest BCUT2D eigenvalue weighted by Crippen LogP contribution is 2.15. The molecule has 0 aliphatic heterocycles. The van der Waals surface area contributed by atoms with E-state index in [1.54, 1.807) is 0 Å². The molecule has 1 aromatic rings. The van der Waals surface area contributed by atoms with Crippen LogP contribution in [-0.4, -0.2) is 6.71 Å². The molecule has 0 fully saturated rings. The van der Waals surface area contributed by atoms with Crippen LogP contribution >= 0.6 is 0 Å². The third-order valence-corrected chi connectivity index (χ3v) is 2.02. The fourth-order valence-electron chi connectivity index (χ4n) is 1.11. The quantitative estimate of drug-likeness (QED) is 0.435. The van der Waals surface area contributed by atoms with Gasteiger partial charge >= 0.3 is 0 Å². The van der Waals surface area contributed by atoms with Crippen LogP contribution in [0.2, 0.25) is 13.6 Å². The molecular weight excluding hydrogens is 145 g/mol. The summed E-state index contributed by atoms with van der Waals surface area (Å²) >= 11 is 0. The molecule has 0 aromatic heterocycles. The number of hydrogen-bond donors (Lipinski definition) is 0. The van der Waals surface area contributed by atoms with Gasteiger partial charge in [-0.2, -0.15) is 0 Å². The van der Waals surface area contributed by atoms with E-state index >= 15 is 0 Å². The van der Waals surface area contributed by atoms with Crippen molar-refractivity contribution >= 4 is 17.9 Å². The van der Waals surface area contributed by atoms with Crippen LogP contribution in [0.1, 0.15) is 5.56 Å². The molecule has 0 bridgehead atoms. The zero-order chi connectivity index (χ0) is 9.14. The lowest BCUT2D eigenvalue weighted by Gasteiger charge is -2.04. The van der Waals surface area contributed by atoms with E-state index in [2.05, 4.69) is 24.6 Å². The Hall–Kier alpha value is -1.23. The van der Waals surface area contributed by atoms with E-state index in [0.29, 0.717) is 6.71 Å². The van der Waals surface area contributed by atoms with Crippen molar-refractivity contribution in [3.8, 4) is 0 Å². The molecule has 2 heteroatoms. The summed E-state index contributed by atoms with van der Waals surface area (Å²) in [6.45, 7) is 13.7. The monoisotopic (exact) mass is 157 g/mol. The molecule has 0 saturated carbocycles. The SMILES string of the molecule is [C-]#[N+]c1cc(B(C)C)ccc1C. The van der Waals surface area contributed by atoms with Gasteiger partial charge in [-0.3, -0.25) is 0 Å². The maximum absolute atomic E-state index is 6.95. The molecule has 0 heterocycles. The van der Waals surface area contributed by atoms with E-state index < -0.39 is 0 Å². The average molecular weight is 157 g/mol. The predicted octanol–water partition coefficient (Wildman–Crippen LogP) is 2.51. The summed E-state index contributed by atoms with van der Waals surface area (Å²) in [7, 11) is 0. The summed E-state index contributed by atoms with van der Waals surface area (Å²) in [4.78, 5) is 3.46. The van der Waals surface area contributed by atoms with Gasteiger partial charge in [-0.15, -0.1) is 0 Å². The fourth-order valence-corrected chi connectivity index (χ4v) is 1.11. The van der Waals surface area contributed by atoms with Gasteiger partial charge in [0.05, 0.1) is 6.57 Å². The Bertz CT molecular complexity index is 323. The topological polar surface area (TPSA) is 4.36 Å². The van der Waals surface area contributed by atoms with Crippen molar-refractivity contribution in [2.45, 2.75) is 20.6 Å². The van der Waals surface area contributed by atoms with Crippen LogP contribution in [0.3, 0.4) is 0 Å². The van der Waals surface area contributed by atoms with E-state index in [4.69, 9.17) is 6.57 Å². The van der Waals surface area contributed by atoms with Crippen LogP contribution in [-0.2, 0) is 0 Å². The van der Waals surface area contributed by atoms with Gasteiger partial charge in [-0.1, -0.05) is 37.3 Å². The smallest absolute Gasteiger partial charge is 0.189 e. The summed E-state index contributed by atoms with van der Waals surface area (Å²) in [5.41, 5.74) is 3.09. The third kappa shape index (κ3) is 1.68. The molecule has 1 nitrogen and oxygen atoms in total. The van der Waals surface area contributed by atoms with Gasteiger partial charge in [0.15, 0.2) is 12.4 Å². The lowest BCUT2D eigenvalue weighted by atomic mass is 9.49. The predicted molar refractivity (Wildman–Crippen MR) is 54.6 cm³/mol. The molecule has 0 amide bonds. The van der Waals surface area contributed by atoms with Gasteiger partial charge in [0.1, 0.15) is 0 Å². The lowest BCUT2D eigenvalue weighted by Crippen LogP contribution is -2.21. The highest BCUT2D eigenvalue weighted by molar-refractivity contribution is 6.70. The number of aryl methyl sites for hydroxylation is 1. The first kappa shape index (κ1) is 8.87. The molecule has 0 aliphatic carbocycles. The Balaban J connectivity index is 3.16. The molecule has 0 unspecified atom stereocenters. The summed E-state index contributed by atoms with van der Waals surface area (Å²) in [5.74, 6) is 0. The van der Waals surface area contributed by atoms with Gasteiger partial charge in [-0.25, -0.2) is 4.85 Å². The molecule has 0 aliphatic rings. The second kappa shape index (κ2) is 3.45. The van der Waals surface area contributed by atoms with Gasteiger partial charge in [0.2, 0.25) is 0 Å². The van der Waals surface area contributed by atoms with Crippen molar-refractivity contribution < 1.29 is 0 Å². The van der Waals surface area contributed by atoms with Crippen LogP contribution < -0.4 is 5.46 Å². The Morgan fingerprint density at radius 1 is 1.33 bits per heavy atom. The van der Waals surface area contributed by atoms with Crippen molar-refractivity contribution in [3.05, 3.63) is 35.2 Å². The van der Waals surface area contributed by atoms with Crippen molar-refractivity contribution in [3.63, 3.8) is 0 Å². The molecule has 0 saturated heterocycles. The van der Waals surface area contributed by atoms with E-state index in [0.717, 1.165) is 11.3 Å². The molecule has 1 aromatic carbocycles. The first-order chi connectivity index (χ1) is 5.65. The van der Waals surface area contributed by atoms with Crippen LogP contribution in [0.15, 0.2) is 18.2 Å². The minimum atomic E-state index is 0.506. The van der Waals surface area contributed by atoms with Crippen molar-refractivity contribution in [2.24, 2.45) is 0 Å². The second-order valence-electron chi connectivity index (χ2n) is 3.31. The number of benzene rings is 1. The molecule has 1 rings (SSSR count). The zero-order valence-electron chi connectivity index (χ0n) is 7.76. The average Bonchev–Trinajstić information content (AvgIpc) is 2.05. The molecule has 0 N–H and O–H groups in total. The molecule has 0 radical (unpaired) electrons. The van der Waals surface area contributed by atoms with Crippen molar-refractivity contribution in [1.29, 1.82) is 0 Å². The normalized spacial score (nSPS) is 9.17. The Labute approximate surface area is 74.3 Å². The largest absolute Gasteiger partial charge is 0.238 e. The molecule has 60 valence electrons. The van der Waals surface area contributed by atoms with Crippen LogP contribution in [0, 0.1) is 13.5 Å². The van der Waals surface area contributed by atoms with Crippen LogP contribution in [0.5, 0.6) is 0 Å². The van der Waals surface area contributed by atoms with Crippen molar-refractivity contribution in [2.75, 3.05) is 0 Å². The highest BCUT2D eigenvalue weighted by Gasteiger charge is 2.04. The van der Waals surface area contributed by atoms with E-state index in [9.17, 15) is 0 Å². The minimum absolute atomic E-state index is 0.506. The fraction of sp³-hybridized carbons (Fsp3) is 0.300. The minimum Gasteiger partial charge on any atom is -0.238 e. The first-order valence-corrected chi connectivity index (χ1v) is 4.13. The van der Waals surface area contributed by atoms with E-state index in [1.165, 1.54) is 5.46 Å². The Morgan fingerprint density at radius 2 is 2.00 bits per heavy atom. The standard InChI is InChI=1S/C10H12BN/c1-8-5-6-9(11(2)3)7-10(8)12-4/h5-7H,1-3H3. The maximum Gasteiger partial charge on any atom is 0.189 e. The van der Waals surface area contributed by atoms with Gasteiger partial charge in [0.25, 0.3) is 0 Å². The zero-order valence-corrected chi connectivity index (χ0v) is 7.76. The highest BCUT2D eigenvalue weighted by atomic mass is 14.6.